The third-order valence-corrected chi connectivity index (χ3v) is 3.77. The van der Waals surface area contributed by atoms with E-state index in [4.69, 9.17) is 16.2 Å². The first kappa shape index (κ1) is 11.4. The molecule has 0 saturated heterocycles. The van der Waals surface area contributed by atoms with Gasteiger partial charge >= 0.3 is 0 Å². The predicted octanol–water partition coefficient (Wildman–Crippen LogP) is 3.05. The van der Waals surface area contributed by atoms with Crippen molar-refractivity contribution < 1.29 is 13.0 Å². The monoisotopic (exact) mass is 256 g/mol. The second kappa shape index (κ2) is 3.73. The Morgan fingerprint density at radius 2 is 1.88 bits per heavy atom. The lowest BCUT2D eigenvalue weighted by Gasteiger charge is -2.05. The van der Waals surface area contributed by atoms with Crippen molar-refractivity contribution in [1.82, 2.24) is 0 Å². The summed E-state index contributed by atoms with van der Waals surface area (Å²) in [6.45, 7) is 1.87. The first-order chi connectivity index (χ1) is 7.39. The van der Waals surface area contributed by atoms with Gasteiger partial charge in [-0.3, -0.25) is 4.55 Å². The van der Waals surface area contributed by atoms with E-state index in [9.17, 15) is 8.42 Å². The largest absolute Gasteiger partial charge is 0.294 e. The number of hydrogen-bond acceptors (Lipinski definition) is 2. The fraction of sp³-hybridized carbons (Fsp3) is 0.0909. The van der Waals surface area contributed by atoms with Gasteiger partial charge in [0.05, 0.1) is 9.92 Å². The molecule has 0 aliphatic rings. The number of rotatable bonds is 1. The maximum absolute atomic E-state index is 11.0. The number of fused-ring (bicyclic) bond motifs is 1. The van der Waals surface area contributed by atoms with Crippen molar-refractivity contribution in [3.05, 3.63) is 40.9 Å². The third kappa shape index (κ3) is 1.91. The molecule has 0 unspecified atom stereocenters. The van der Waals surface area contributed by atoms with E-state index in [0.717, 1.165) is 10.9 Å². The smallest absolute Gasteiger partial charge is 0.282 e. The molecule has 0 amide bonds. The minimum absolute atomic E-state index is 0.125. The summed E-state index contributed by atoms with van der Waals surface area (Å²) >= 11 is 6.08. The summed E-state index contributed by atoms with van der Waals surface area (Å²) in [7, 11) is -4.16. The van der Waals surface area contributed by atoms with Gasteiger partial charge in [-0.1, -0.05) is 29.8 Å². The Labute approximate surface area is 98.4 Å². The predicted molar refractivity (Wildman–Crippen MR) is 63.5 cm³/mol. The topological polar surface area (TPSA) is 54.4 Å². The van der Waals surface area contributed by atoms with E-state index in [1.165, 1.54) is 12.1 Å². The molecule has 2 rings (SSSR count). The molecule has 16 heavy (non-hydrogen) atoms. The highest BCUT2D eigenvalue weighted by atomic mass is 35.5. The molecule has 84 valence electrons. The van der Waals surface area contributed by atoms with Crippen molar-refractivity contribution in [1.29, 1.82) is 0 Å². The van der Waals surface area contributed by atoms with E-state index in [1.807, 2.05) is 6.92 Å². The number of hydrogen-bond donors (Lipinski definition) is 1. The van der Waals surface area contributed by atoms with E-state index in [-0.39, 0.29) is 4.90 Å². The highest BCUT2D eigenvalue weighted by Crippen LogP contribution is 2.28. The summed E-state index contributed by atoms with van der Waals surface area (Å²) in [6, 6.07) is 7.90. The van der Waals surface area contributed by atoms with Crippen molar-refractivity contribution in [2.45, 2.75) is 11.8 Å². The summed E-state index contributed by atoms with van der Waals surface area (Å²) in [5.41, 5.74) is 0.925. The average Bonchev–Trinajstić information content (AvgIpc) is 2.22. The summed E-state index contributed by atoms with van der Waals surface area (Å²) in [5.74, 6) is 0. The van der Waals surface area contributed by atoms with Gasteiger partial charge in [0.25, 0.3) is 10.1 Å². The zero-order valence-electron chi connectivity index (χ0n) is 8.44. The molecule has 2 aromatic rings. The van der Waals surface area contributed by atoms with Crippen molar-refractivity contribution in [3.63, 3.8) is 0 Å². The van der Waals surface area contributed by atoms with Crippen LogP contribution in [0.4, 0.5) is 0 Å². The van der Waals surface area contributed by atoms with Gasteiger partial charge in [-0.25, -0.2) is 0 Å². The van der Waals surface area contributed by atoms with Crippen LogP contribution in [0.3, 0.4) is 0 Å². The lowest BCUT2D eigenvalue weighted by atomic mass is 10.1. The van der Waals surface area contributed by atoms with Crippen molar-refractivity contribution >= 4 is 32.5 Å². The minimum Gasteiger partial charge on any atom is -0.282 e. The van der Waals surface area contributed by atoms with Gasteiger partial charge in [0.15, 0.2) is 0 Å². The number of benzene rings is 2. The highest BCUT2D eigenvalue weighted by Gasteiger charge is 2.11. The molecular weight excluding hydrogens is 248 g/mol. The number of halogens is 1. The van der Waals surface area contributed by atoms with Gasteiger partial charge in [0.2, 0.25) is 0 Å². The molecule has 0 aliphatic carbocycles. The second-order valence-corrected chi connectivity index (χ2v) is 5.35. The van der Waals surface area contributed by atoms with E-state index in [2.05, 4.69) is 0 Å². The second-order valence-electron chi connectivity index (χ2n) is 3.55. The van der Waals surface area contributed by atoms with Crippen molar-refractivity contribution in [2.24, 2.45) is 0 Å². The molecule has 0 aromatic heterocycles. The zero-order chi connectivity index (χ0) is 11.9. The van der Waals surface area contributed by atoms with Crippen LogP contribution in [0.1, 0.15) is 5.56 Å². The molecular formula is C11H9ClO3S. The summed E-state index contributed by atoms with van der Waals surface area (Å²) in [6.07, 6.45) is 0. The lowest BCUT2D eigenvalue weighted by Crippen LogP contribution is -1.97. The van der Waals surface area contributed by atoms with E-state index >= 15 is 0 Å². The van der Waals surface area contributed by atoms with Gasteiger partial charge in [0.1, 0.15) is 0 Å². The molecule has 0 heterocycles. The van der Waals surface area contributed by atoms with Gasteiger partial charge in [0, 0.05) is 5.39 Å². The highest BCUT2D eigenvalue weighted by molar-refractivity contribution is 7.85. The maximum atomic E-state index is 11.0. The molecule has 0 spiro atoms. The Balaban J connectivity index is 2.80. The molecule has 0 aliphatic heterocycles. The number of aryl methyl sites for hydroxylation is 1. The van der Waals surface area contributed by atoms with Crippen molar-refractivity contribution in [2.75, 3.05) is 0 Å². The molecule has 0 saturated carbocycles. The fourth-order valence-electron chi connectivity index (χ4n) is 1.54. The quantitative estimate of drug-likeness (QED) is 0.798. The Morgan fingerprint density at radius 3 is 2.50 bits per heavy atom. The van der Waals surface area contributed by atoms with Gasteiger partial charge in [-0.2, -0.15) is 8.42 Å². The molecule has 1 N–H and O–H groups in total. The Hall–Kier alpha value is -1.10. The Bertz CT molecular complexity index is 662. The molecule has 0 radical (unpaired) electrons. The molecule has 2 aromatic carbocycles. The first-order valence-electron chi connectivity index (χ1n) is 4.56. The molecule has 0 atom stereocenters. The average molecular weight is 257 g/mol. The minimum atomic E-state index is -4.16. The molecule has 3 nitrogen and oxygen atoms in total. The van der Waals surface area contributed by atoms with Crippen LogP contribution in [0.25, 0.3) is 10.8 Å². The lowest BCUT2D eigenvalue weighted by molar-refractivity contribution is 0.483. The third-order valence-electron chi connectivity index (χ3n) is 2.42. The van der Waals surface area contributed by atoms with Gasteiger partial charge in [-0.05, 0) is 30.0 Å². The summed E-state index contributed by atoms with van der Waals surface area (Å²) < 4.78 is 30.8. The normalized spacial score (nSPS) is 11.9. The van der Waals surface area contributed by atoms with Gasteiger partial charge in [-0.15, -0.1) is 0 Å². The van der Waals surface area contributed by atoms with E-state index in [0.29, 0.717) is 10.4 Å². The summed E-state index contributed by atoms with van der Waals surface area (Å²) in [5, 5.41) is 2.05. The molecule has 0 bridgehead atoms. The SMILES string of the molecule is Cc1ccc2cc(S(=O)(=O)O)ccc2c1Cl. The maximum Gasteiger partial charge on any atom is 0.294 e. The van der Waals surface area contributed by atoms with Crippen LogP contribution in [0, 0.1) is 6.92 Å². The van der Waals surface area contributed by atoms with Crippen LogP contribution >= 0.6 is 11.6 Å². The van der Waals surface area contributed by atoms with E-state index in [1.54, 1.807) is 18.2 Å². The van der Waals surface area contributed by atoms with Crippen LogP contribution < -0.4 is 0 Å². The Kier molecular flexibility index (Phi) is 2.66. The van der Waals surface area contributed by atoms with Crippen LogP contribution in [-0.4, -0.2) is 13.0 Å². The summed E-state index contributed by atoms with van der Waals surface area (Å²) in [4.78, 5) is -0.125. The van der Waals surface area contributed by atoms with Gasteiger partial charge < -0.3 is 0 Å². The molecule has 0 fully saturated rings. The van der Waals surface area contributed by atoms with Crippen LogP contribution in [-0.2, 0) is 10.1 Å². The fourth-order valence-corrected chi connectivity index (χ4v) is 2.29. The molecule has 5 heteroatoms. The zero-order valence-corrected chi connectivity index (χ0v) is 10.0. The van der Waals surface area contributed by atoms with Crippen molar-refractivity contribution in [3.8, 4) is 0 Å². The van der Waals surface area contributed by atoms with Crippen LogP contribution in [0.2, 0.25) is 5.02 Å². The van der Waals surface area contributed by atoms with E-state index < -0.39 is 10.1 Å². The standard InChI is InChI=1S/C11H9ClO3S/c1-7-2-3-8-6-9(16(13,14)15)4-5-10(8)11(7)12/h2-6H,1H3,(H,13,14,15). The van der Waals surface area contributed by atoms with Crippen LogP contribution in [0.15, 0.2) is 35.2 Å². The van der Waals surface area contributed by atoms with Crippen LogP contribution in [0.5, 0.6) is 0 Å². The first-order valence-corrected chi connectivity index (χ1v) is 6.38. The Morgan fingerprint density at radius 1 is 1.19 bits per heavy atom.